The molecule has 10 heteroatoms. The first-order valence-electron chi connectivity index (χ1n) is 5.59. The standard InChI is InChI=1S/C11H11Cl2N7S/c1-21-11-16-9(13)5-10(17-11)20(15)8-4-6(12)2-3-7(8)18-19-14/h2-5H,15H2,1H3,(H2,14,18). The fourth-order valence-corrected chi connectivity index (χ4v) is 2.33. The number of hydrazine groups is 1. The lowest BCUT2D eigenvalue weighted by molar-refractivity contribution is 0.921. The number of nitrogens with zero attached hydrogens (tertiary/aromatic N) is 5. The summed E-state index contributed by atoms with van der Waals surface area (Å²) in [7, 11) is 0. The number of halogens is 2. The van der Waals surface area contributed by atoms with Crippen LogP contribution < -0.4 is 16.7 Å². The smallest absolute Gasteiger partial charge is 0.190 e. The highest BCUT2D eigenvalue weighted by Crippen LogP contribution is 2.34. The second-order valence-electron chi connectivity index (χ2n) is 3.75. The molecule has 0 aliphatic rings. The number of rotatable bonds is 4. The highest BCUT2D eigenvalue weighted by molar-refractivity contribution is 7.98. The van der Waals surface area contributed by atoms with Crippen molar-refractivity contribution in [1.29, 1.82) is 0 Å². The molecule has 1 heterocycles. The summed E-state index contributed by atoms with van der Waals surface area (Å²) in [4.78, 5) is 8.33. The first kappa shape index (κ1) is 15.8. The van der Waals surface area contributed by atoms with Crippen LogP contribution in [0.1, 0.15) is 0 Å². The van der Waals surface area contributed by atoms with E-state index in [1.54, 1.807) is 18.2 Å². The van der Waals surface area contributed by atoms with Gasteiger partial charge in [-0.3, -0.25) is 5.01 Å². The van der Waals surface area contributed by atoms with Crippen LogP contribution in [0.5, 0.6) is 0 Å². The molecule has 0 bridgehead atoms. The van der Waals surface area contributed by atoms with E-state index < -0.39 is 0 Å². The number of anilines is 2. The van der Waals surface area contributed by atoms with Gasteiger partial charge >= 0.3 is 0 Å². The van der Waals surface area contributed by atoms with Crippen LogP contribution in [0.15, 0.2) is 39.8 Å². The molecule has 0 atom stereocenters. The summed E-state index contributed by atoms with van der Waals surface area (Å²) in [5, 5.41) is 9.62. The predicted molar refractivity (Wildman–Crippen MR) is 85.3 cm³/mol. The lowest BCUT2D eigenvalue weighted by atomic mass is 10.2. The molecule has 0 fully saturated rings. The Morgan fingerprint density at radius 2 is 2.00 bits per heavy atom. The van der Waals surface area contributed by atoms with Crippen molar-refractivity contribution in [2.24, 2.45) is 22.0 Å². The average Bonchev–Trinajstić information content (AvgIpc) is 2.47. The molecular formula is C11H11Cl2N7S. The van der Waals surface area contributed by atoms with E-state index in [2.05, 4.69) is 20.3 Å². The first-order chi connectivity index (χ1) is 10.0. The molecule has 0 aliphatic heterocycles. The third kappa shape index (κ3) is 3.73. The molecule has 1 aromatic heterocycles. The highest BCUT2D eigenvalue weighted by Gasteiger charge is 2.14. The maximum atomic E-state index is 6.08. The molecule has 0 amide bonds. The zero-order valence-electron chi connectivity index (χ0n) is 10.9. The van der Waals surface area contributed by atoms with Crippen LogP contribution in [0.2, 0.25) is 10.2 Å². The maximum Gasteiger partial charge on any atom is 0.190 e. The van der Waals surface area contributed by atoms with Gasteiger partial charge in [-0.1, -0.05) is 40.2 Å². The van der Waals surface area contributed by atoms with Gasteiger partial charge in [-0.15, -0.1) is 5.11 Å². The Balaban J connectivity index is 2.51. The molecule has 4 N–H and O–H groups in total. The van der Waals surface area contributed by atoms with E-state index >= 15 is 0 Å². The van der Waals surface area contributed by atoms with Crippen LogP contribution in [0.3, 0.4) is 0 Å². The Hall–Kier alpha value is -1.61. The van der Waals surface area contributed by atoms with Crippen LogP contribution in [-0.4, -0.2) is 16.2 Å². The molecule has 0 radical (unpaired) electrons. The van der Waals surface area contributed by atoms with E-state index in [9.17, 15) is 0 Å². The van der Waals surface area contributed by atoms with Gasteiger partial charge in [-0.05, 0) is 24.5 Å². The molecule has 1 aromatic carbocycles. The van der Waals surface area contributed by atoms with Gasteiger partial charge in [0.15, 0.2) is 11.0 Å². The van der Waals surface area contributed by atoms with Crippen molar-refractivity contribution in [3.05, 3.63) is 34.4 Å². The van der Waals surface area contributed by atoms with Crippen molar-refractivity contribution < 1.29 is 0 Å². The second-order valence-corrected chi connectivity index (χ2v) is 5.35. The van der Waals surface area contributed by atoms with Crippen molar-refractivity contribution in [3.8, 4) is 0 Å². The van der Waals surface area contributed by atoms with Crippen molar-refractivity contribution in [3.63, 3.8) is 0 Å². The molecule has 7 nitrogen and oxygen atoms in total. The quantitative estimate of drug-likeness (QED) is 0.220. The zero-order chi connectivity index (χ0) is 15.4. The van der Waals surface area contributed by atoms with Gasteiger partial charge in [0.25, 0.3) is 0 Å². The first-order valence-corrected chi connectivity index (χ1v) is 7.57. The van der Waals surface area contributed by atoms with E-state index in [1.807, 2.05) is 6.26 Å². The Labute approximate surface area is 135 Å². The van der Waals surface area contributed by atoms with Crippen molar-refractivity contribution >= 4 is 52.2 Å². The topological polar surface area (TPSA) is 106 Å². The molecule has 2 rings (SSSR count). The summed E-state index contributed by atoms with van der Waals surface area (Å²) in [5.74, 6) is 11.6. The Morgan fingerprint density at radius 3 is 2.67 bits per heavy atom. The zero-order valence-corrected chi connectivity index (χ0v) is 13.2. The predicted octanol–water partition coefficient (Wildman–Crippen LogP) is 3.47. The SMILES string of the molecule is CSc1nc(Cl)cc(N(N)c2cc(Cl)ccc2N=NN)n1. The summed E-state index contributed by atoms with van der Waals surface area (Å²) < 4.78 is 0. The van der Waals surface area contributed by atoms with E-state index in [1.165, 1.54) is 22.8 Å². The number of benzene rings is 1. The number of thioether (sulfide) groups is 1. The third-order valence-electron chi connectivity index (χ3n) is 2.45. The van der Waals surface area contributed by atoms with Crippen molar-refractivity contribution in [2.45, 2.75) is 5.16 Å². The third-order valence-corrected chi connectivity index (χ3v) is 3.43. The lowest BCUT2D eigenvalue weighted by Crippen LogP contribution is -2.26. The Morgan fingerprint density at radius 1 is 1.24 bits per heavy atom. The van der Waals surface area contributed by atoms with Gasteiger partial charge in [-0.2, -0.15) is 0 Å². The molecule has 0 saturated heterocycles. The second kappa shape index (κ2) is 6.90. The van der Waals surface area contributed by atoms with Crippen LogP contribution in [0.4, 0.5) is 17.2 Å². The van der Waals surface area contributed by atoms with Crippen LogP contribution in [0, 0.1) is 0 Å². The van der Waals surface area contributed by atoms with E-state index in [0.29, 0.717) is 27.4 Å². The van der Waals surface area contributed by atoms with E-state index in [-0.39, 0.29) is 5.15 Å². The molecule has 110 valence electrons. The fraction of sp³-hybridized carbons (Fsp3) is 0.0909. The van der Waals surface area contributed by atoms with E-state index in [4.69, 9.17) is 34.9 Å². The molecule has 0 unspecified atom stereocenters. The van der Waals surface area contributed by atoms with Crippen LogP contribution >= 0.6 is 35.0 Å². The minimum absolute atomic E-state index is 0.281. The molecule has 21 heavy (non-hydrogen) atoms. The number of hydrogen-bond donors (Lipinski definition) is 2. The molecular weight excluding hydrogens is 333 g/mol. The molecule has 0 spiro atoms. The lowest BCUT2D eigenvalue weighted by Gasteiger charge is -2.19. The Bertz CT molecular complexity index is 680. The number of nitrogens with two attached hydrogens (primary N) is 2. The van der Waals surface area contributed by atoms with Crippen LogP contribution in [0.25, 0.3) is 0 Å². The van der Waals surface area contributed by atoms with Gasteiger partial charge in [0.1, 0.15) is 10.8 Å². The summed E-state index contributed by atoms with van der Waals surface area (Å²) in [6, 6.07) is 6.46. The largest absolute Gasteiger partial charge is 0.305 e. The monoisotopic (exact) mass is 343 g/mol. The molecule has 2 aromatic rings. The van der Waals surface area contributed by atoms with Gasteiger partial charge in [0, 0.05) is 11.1 Å². The normalized spacial score (nSPS) is 11.0. The summed E-state index contributed by atoms with van der Waals surface area (Å²) >= 11 is 13.3. The number of aromatic nitrogens is 2. The van der Waals surface area contributed by atoms with Gasteiger partial charge in [0.05, 0.1) is 5.69 Å². The minimum Gasteiger partial charge on any atom is -0.305 e. The van der Waals surface area contributed by atoms with Gasteiger partial charge in [-0.25, -0.2) is 15.8 Å². The maximum absolute atomic E-state index is 6.08. The Kier molecular flexibility index (Phi) is 5.18. The van der Waals surface area contributed by atoms with Crippen molar-refractivity contribution in [2.75, 3.05) is 11.3 Å². The summed E-state index contributed by atoms with van der Waals surface area (Å²) in [6.07, 6.45) is 1.84. The van der Waals surface area contributed by atoms with Crippen LogP contribution in [-0.2, 0) is 0 Å². The fourth-order valence-electron chi connectivity index (χ4n) is 1.56. The highest BCUT2D eigenvalue weighted by atomic mass is 35.5. The summed E-state index contributed by atoms with van der Waals surface area (Å²) in [5.41, 5.74) is 0.934. The van der Waals surface area contributed by atoms with E-state index in [0.717, 1.165) is 0 Å². The summed E-state index contributed by atoms with van der Waals surface area (Å²) in [6.45, 7) is 0. The molecule has 0 saturated carbocycles. The van der Waals surface area contributed by atoms with Gasteiger partial charge < -0.3 is 5.84 Å². The van der Waals surface area contributed by atoms with Gasteiger partial charge in [0.2, 0.25) is 0 Å². The van der Waals surface area contributed by atoms with Crippen molar-refractivity contribution in [1.82, 2.24) is 9.97 Å². The minimum atomic E-state index is 0.281. The number of hydrogen-bond acceptors (Lipinski definition) is 7. The average molecular weight is 344 g/mol. The molecule has 0 aliphatic carbocycles.